The summed E-state index contributed by atoms with van der Waals surface area (Å²) >= 11 is 0. The fourth-order valence-electron chi connectivity index (χ4n) is 4.33. The van der Waals surface area contributed by atoms with Gasteiger partial charge < -0.3 is 35.1 Å². The number of carbonyl (C=O) groups is 2. The first-order valence-corrected chi connectivity index (χ1v) is 13.1. The maximum atomic E-state index is 13.6. The number of urea groups is 1. The minimum atomic E-state index is -0.797. The topological polar surface area (TPSA) is 146 Å². The molecule has 3 aromatic rings. The summed E-state index contributed by atoms with van der Waals surface area (Å²) in [5.41, 5.74) is -0.00106. The quantitative estimate of drug-likeness (QED) is 0.314. The number of aromatic hydroxyl groups is 1. The Kier molecular flexibility index (Phi) is 9.00. The van der Waals surface area contributed by atoms with E-state index in [1.54, 1.807) is 36.9 Å². The molecule has 12 heteroatoms. The average molecular weight is 556 g/mol. The Bertz CT molecular complexity index is 1430. The van der Waals surface area contributed by atoms with Crippen LogP contribution in [-0.4, -0.2) is 82.6 Å². The number of rotatable bonds is 9. The van der Waals surface area contributed by atoms with Gasteiger partial charge in [0.25, 0.3) is 11.5 Å². The molecule has 0 radical (unpaired) electrons. The molecule has 4 N–H and O–H groups in total. The molecule has 1 saturated heterocycles. The molecule has 3 amide bonds. The second-order valence-electron chi connectivity index (χ2n) is 10.5. The van der Waals surface area contributed by atoms with Gasteiger partial charge in [0.2, 0.25) is 0 Å². The summed E-state index contributed by atoms with van der Waals surface area (Å²) in [4.78, 5) is 45.2. The summed E-state index contributed by atoms with van der Waals surface area (Å²) < 4.78 is 19.9. The Labute approximate surface area is 230 Å². The Morgan fingerprint density at radius 1 is 1.12 bits per heavy atom. The van der Waals surface area contributed by atoms with Crippen LogP contribution in [0.15, 0.2) is 41.3 Å². The minimum absolute atomic E-state index is 0.00971. The van der Waals surface area contributed by atoms with E-state index in [0.717, 1.165) is 5.56 Å². The molecule has 1 aliphatic heterocycles. The van der Waals surface area contributed by atoms with Gasteiger partial charge in [0.1, 0.15) is 16.9 Å². The lowest BCUT2D eigenvalue weighted by atomic mass is 9.95. The second-order valence-corrected chi connectivity index (χ2v) is 10.5. The van der Waals surface area contributed by atoms with Gasteiger partial charge >= 0.3 is 6.03 Å². The smallest absolute Gasteiger partial charge is 0.317 e. The maximum Gasteiger partial charge on any atom is 0.317 e. The van der Waals surface area contributed by atoms with E-state index in [4.69, 9.17) is 4.74 Å². The molecule has 0 saturated carbocycles. The van der Waals surface area contributed by atoms with Crippen LogP contribution in [-0.2, 0) is 17.7 Å². The zero-order chi connectivity index (χ0) is 28.9. The van der Waals surface area contributed by atoms with Crippen molar-refractivity contribution < 1.29 is 28.9 Å². The number of aromatic nitrogens is 2. The first-order chi connectivity index (χ1) is 19.1. The molecular formula is C28H34FN5O6. The Morgan fingerprint density at radius 2 is 1.82 bits per heavy atom. The molecule has 11 nitrogen and oxygen atoms in total. The summed E-state index contributed by atoms with van der Waals surface area (Å²) in [6.45, 7) is 5.26. The summed E-state index contributed by atoms with van der Waals surface area (Å²) in [7, 11) is 0. The van der Waals surface area contributed by atoms with Gasteiger partial charge in [-0.2, -0.15) is 0 Å². The molecule has 1 aromatic carbocycles. The maximum absolute atomic E-state index is 13.6. The van der Waals surface area contributed by atoms with E-state index >= 15 is 0 Å². The normalized spacial score (nSPS) is 13.8. The number of halogens is 1. The third-order valence-electron chi connectivity index (χ3n) is 6.75. The number of hydrogen-bond acceptors (Lipinski definition) is 7. The van der Waals surface area contributed by atoms with Crippen molar-refractivity contribution in [2.24, 2.45) is 5.41 Å². The van der Waals surface area contributed by atoms with Crippen LogP contribution < -0.4 is 16.2 Å². The van der Waals surface area contributed by atoms with Crippen molar-refractivity contribution >= 4 is 23.0 Å². The van der Waals surface area contributed by atoms with Crippen molar-refractivity contribution in [1.29, 1.82) is 0 Å². The van der Waals surface area contributed by atoms with Crippen molar-refractivity contribution in [3.63, 3.8) is 0 Å². The first kappa shape index (κ1) is 29.0. The first-order valence-electron chi connectivity index (χ1n) is 13.1. The van der Waals surface area contributed by atoms with Crippen LogP contribution in [0.4, 0.5) is 9.18 Å². The van der Waals surface area contributed by atoms with E-state index < -0.39 is 28.2 Å². The highest BCUT2D eigenvalue weighted by molar-refractivity contribution is 6.01. The van der Waals surface area contributed by atoms with E-state index in [9.17, 15) is 29.0 Å². The Morgan fingerprint density at radius 3 is 2.50 bits per heavy atom. The number of ether oxygens (including phenoxy) is 1. The van der Waals surface area contributed by atoms with Crippen LogP contribution >= 0.6 is 0 Å². The van der Waals surface area contributed by atoms with Gasteiger partial charge in [-0.25, -0.2) is 9.18 Å². The van der Waals surface area contributed by atoms with E-state index in [1.165, 1.54) is 22.9 Å². The standard InChI is InChI=1S/C28H34FN5O6/c1-28(2,17-35)16-32-25(37)22-24(36)23-21(14-19(15-31-23)13-18-3-5-20(29)6-4-18)34(26(22)38)8-7-30-27(39)33-9-11-40-12-10-33/h3-6,14-15,35-36H,7-13,16-17H2,1-2H3,(H,30,39)(H,32,37). The van der Waals surface area contributed by atoms with Gasteiger partial charge in [0.05, 0.1) is 18.7 Å². The SMILES string of the molecule is CC(C)(CO)CNC(=O)c1c(O)c2ncc(Cc3ccc(F)cc3)cc2n(CCNC(=O)N2CCOCC2)c1=O. The molecule has 0 unspecified atom stereocenters. The van der Waals surface area contributed by atoms with Gasteiger partial charge in [-0.3, -0.25) is 14.6 Å². The zero-order valence-corrected chi connectivity index (χ0v) is 22.6. The van der Waals surface area contributed by atoms with Crippen molar-refractivity contribution in [3.8, 4) is 5.75 Å². The fraction of sp³-hybridized carbons (Fsp3) is 0.429. The number of aliphatic hydroxyl groups is 1. The summed E-state index contributed by atoms with van der Waals surface area (Å²) in [6, 6.07) is 7.39. The van der Waals surface area contributed by atoms with Crippen LogP contribution in [0.1, 0.15) is 35.3 Å². The molecule has 4 rings (SSSR count). The van der Waals surface area contributed by atoms with Crippen molar-refractivity contribution in [2.75, 3.05) is 46.0 Å². The molecule has 0 spiro atoms. The molecule has 40 heavy (non-hydrogen) atoms. The molecule has 0 atom stereocenters. The van der Waals surface area contributed by atoms with Gasteiger partial charge in [0, 0.05) is 50.9 Å². The number of benzene rings is 1. The third kappa shape index (κ3) is 6.75. The van der Waals surface area contributed by atoms with Crippen molar-refractivity contribution in [3.05, 3.63) is 69.4 Å². The highest BCUT2D eigenvalue weighted by atomic mass is 19.1. The van der Waals surface area contributed by atoms with Gasteiger partial charge in [-0.05, 0) is 35.7 Å². The highest BCUT2D eigenvalue weighted by Gasteiger charge is 2.26. The second kappa shape index (κ2) is 12.4. The van der Waals surface area contributed by atoms with Gasteiger partial charge in [-0.15, -0.1) is 0 Å². The van der Waals surface area contributed by atoms with Gasteiger partial charge in [0.15, 0.2) is 5.75 Å². The number of hydrogen-bond donors (Lipinski definition) is 4. The van der Waals surface area contributed by atoms with Crippen LogP contribution in [0.5, 0.6) is 5.75 Å². The predicted octanol–water partition coefficient (Wildman–Crippen LogP) is 1.62. The monoisotopic (exact) mass is 555 g/mol. The number of nitrogens with one attached hydrogen (secondary N) is 2. The number of pyridine rings is 2. The third-order valence-corrected chi connectivity index (χ3v) is 6.75. The number of aliphatic hydroxyl groups excluding tert-OH is 1. The Balaban J connectivity index is 1.67. The lowest BCUT2D eigenvalue weighted by Gasteiger charge is -2.27. The van der Waals surface area contributed by atoms with Crippen molar-refractivity contribution in [2.45, 2.75) is 26.8 Å². The molecule has 0 bridgehead atoms. The molecule has 2 aromatic heterocycles. The van der Waals surface area contributed by atoms with Crippen LogP contribution in [0.25, 0.3) is 11.0 Å². The molecule has 214 valence electrons. The van der Waals surface area contributed by atoms with Crippen molar-refractivity contribution in [1.82, 2.24) is 25.1 Å². The molecule has 3 heterocycles. The number of carbonyl (C=O) groups excluding carboxylic acids is 2. The average Bonchev–Trinajstić information content (AvgIpc) is 2.95. The minimum Gasteiger partial charge on any atom is -0.505 e. The lowest BCUT2D eigenvalue weighted by Crippen LogP contribution is -2.47. The van der Waals surface area contributed by atoms with E-state index in [0.29, 0.717) is 38.3 Å². The van der Waals surface area contributed by atoms with Gasteiger partial charge in [-0.1, -0.05) is 26.0 Å². The van der Waals surface area contributed by atoms with Crippen LogP contribution in [0.3, 0.4) is 0 Å². The fourth-order valence-corrected chi connectivity index (χ4v) is 4.33. The summed E-state index contributed by atoms with van der Waals surface area (Å²) in [5, 5.41) is 25.9. The number of fused-ring (bicyclic) bond motifs is 1. The van der Waals surface area contributed by atoms with Crippen LogP contribution in [0.2, 0.25) is 0 Å². The molecule has 1 fully saturated rings. The molecule has 1 aliphatic rings. The molecule has 0 aliphatic carbocycles. The summed E-state index contributed by atoms with van der Waals surface area (Å²) in [5.74, 6) is -1.71. The predicted molar refractivity (Wildman–Crippen MR) is 146 cm³/mol. The van der Waals surface area contributed by atoms with E-state index in [2.05, 4.69) is 15.6 Å². The number of amides is 3. The Hall–Kier alpha value is -4.03. The number of nitrogens with zero attached hydrogens (tertiary/aromatic N) is 3. The number of morpholine rings is 1. The lowest BCUT2D eigenvalue weighted by molar-refractivity contribution is 0.0532. The van der Waals surface area contributed by atoms with E-state index in [1.807, 2.05) is 0 Å². The van der Waals surface area contributed by atoms with E-state index in [-0.39, 0.29) is 49.1 Å². The zero-order valence-electron chi connectivity index (χ0n) is 22.6. The molecular weight excluding hydrogens is 521 g/mol. The largest absolute Gasteiger partial charge is 0.505 e. The summed E-state index contributed by atoms with van der Waals surface area (Å²) in [6.07, 6.45) is 1.92. The van der Waals surface area contributed by atoms with Crippen LogP contribution in [0, 0.1) is 11.2 Å². The highest BCUT2D eigenvalue weighted by Crippen LogP contribution is 2.26.